The molecule has 164 valence electrons. The van der Waals surface area contributed by atoms with Crippen LogP contribution in [0.3, 0.4) is 0 Å². The number of aromatic nitrogens is 1. The first-order valence-corrected chi connectivity index (χ1v) is 12.4. The van der Waals surface area contributed by atoms with Gasteiger partial charge in [0.2, 0.25) is 0 Å². The van der Waals surface area contributed by atoms with E-state index in [-0.39, 0.29) is 0 Å². The van der Waals surface area contributed by atoms with Crippen molar-refractivity contribution in [2.45, 2.75) is 50.6 Å². The molecule has 1 unspecified atom stereocenters. The summed E-state index contributed by atoms with van der Waals surface area (Å²) < 4.78 is 13.2. The molecule has 0 radical (unpaired) electrons. The summed E-state index contributed by atoms with van der Waals surface area (Å²) in [6.45, 7) is 4.35. The molecule has 2 aliphatic rings. The van der Waals surface area contributed by atoms with E-state index >= 15 is 0 Å². The molecule has 2 aromatic carbocycles. The van der Waals surface area contributed by atoms with E-state index in [4.69, 9.17) is 9.47 Å². The molecule has 0 bridgehead atoms. The quantitative estimate of drug-likeness (QED) is 0.531. The standard InChI is InChI=1S/C25H31N3O2S/c1-2-7-24-23(6-1)27-25(31-24)30-22-10-8-21(9-11-22)29-18-14-19-5-3-4-17-28(19)20-12-15-26-16-13-20/h1-2,6-11,19-20,26H,3-5,12-18H2. The molecule has 5 nitrogen and oxygen atoms in total. The smallest absolute Gasteiger partial charge is 0.279 e. The largest absolute Gasteiger partial charge is 0.494 e. The van der Waals surface area contributed by atoms with Crippen LogP contribution in [0.5, 0.6) is 16.7 Å². The lowest BCUT2D eigenvalue weighted by Crippen LogP contribution is -2.50. The summed E-state index contributed by atoms with van der Waals surface area (Å²) >= 11 is 1.56. The summed E-state index contributed by atoms with van der Waals surface area (Å²) in [4.78, 5) is 7.31. The van der Waals surface area contributed by atoms with E-state index in [0.29, 0.717) is 11.2 Å². The average molecular weight is 438 g/mol. The SMILES string of the molecule is c1ccc2sc(Oc3ccc(OCCC4CCCCN4C4CCNCC4)cc3)nc2c1. The number of benzene rings is 2. The molecule has 3 heterocycles. The van der Waals surface area contributed by atoms with Crippen molar-refractivity contribution in [3.8, 4) is 16.7 Å². The molecule has 0 amide bonds. The Morgan fingerprint density at radius 1 is 0.968 bits per heavy atom. The van der Waals surface area contributed by atoms with Crippen molar-refractivity contribution in [2.75, 3.05) is 26.2 Å². The average Bonchev–Trinajstić information content (AvgIpc) is 3.23. The van der Waals surface area contributed by atoms with Crippen LogP contribution < -0.4 is 14.8 Å². The van der Waals surface area contributed by atoms with Crippen molar-refractivity contribution in [3.63, 3.8) is 0 Å². The molecule has 2 saturated heterocycles. The fraction of sp³-hybridized carbons (Fsp3) is 0.480. The first kappa shape index (κ1) is 20.7. The van der Waals surface area contributed by atoms with Crippen LogP contribution in [-0.2, 0) is 0 Å². The van der Waals surface area contributed by atoms with Crippen molar-refractivity contribution in [2.24, 2.45) is 0 Å². The molecule has 1 N–H and O–H groups in total. The van der Waals surface area contributed by atoms with Crippen molar-refractivity contribution in [1.29, 1.82) is 0 Å². The summed E-state index contributed by atoms with van der Waals surface area (Å²) in [5.74, 6) is 1.69. The van der Waals surface area contributed by atoms with E-state index < -0.39 is 0 Å². The van der Waals surface area contributed by atoms with Gasteiger partial charge < -0.3 is 14.8 Å². The summed E-state index contributed by atoms with van der Waals surface area (Å²) in [5, 5.41) is 4.17. The van der Waals surface area contributed by atoms with Gasteiger partial charge in [0.15, 0.2) is 0 Å². The maximum absolute atomic E-state index is 6.09. The van der Waals surface area contributed by atoms with E-state index in [1.165, 1.54) is 38.6 Å². The van der Waals surface area contributed by atoms with Crippen molar-refractivity contribution < 1.29 is 9.47 Å². The number of rotatable bonds is 7. The third-order valence-corrected chi connectivity index (χ3v) is 7.39. The molecule has 3 aromatic rings. The molecular formula is C25H31N3O2S. The van der Waals surface area contributed by atoms with Crippen LogP contribution in [-0.4, -0.2) is 48.2 Å². The van der Waals surface area contributed by atoms with Gasteiger partial charge in [0, 0.05) is 12.1 Å². The topological polar surface area (TPSA) is 46.6 Å². The first-order chi connectivity index (χ1) is 15.3. The second kappa shape index (κ2) is 9.98. The van der Waals surface area contributed by atoms with Crippen LogP contribution in [0.1, 0.15) is 38.5 Å². The number of piperidine rings is 2. The van der Waals surface area contributed by atoms with E-state index in [0.717, 1.165) is 53.9 Å². The molecule has 0 saturated carbocycles. The fourth-order valence-corrected chi connectivity index (χ4v) is 5.70. The highest BCUT2D eigenvalue weighted by molar-refractivity contribution is 7.20. The van der Waals surface area contributed by atoms with Gasteiger partial charge >= 0.3 is 0 Å². The van der Waals surface area contributed by atoms with E-state index in [9.17, 15) is 0 Å². The van der Waals surface area contributed by atoms with Gasteiger partial charge in [-0.3, -0.25) is 4.90 Å². The Morgan fingerprint density at radius 3 is 2.61 bits per heavy atom. The molecule has 1 atom stereocenters. The minimum Gasteiger partial charge on any atom is -0.494 e. The number of thiazole rings is 1. The fourth-order valence-electron chi connectivity index (χ4n) is 4.86. The Hall–Kier alpha value is -2.15. The van der Waals surface area contributed by atoms with Crippen LogP contribution in [0.4, 0.5) is 0 Å². The van der Waals surface area contributed by atoms with Crippen LogP contribution in [0, 0.1) is 0 Å². The predicted molar refractivity (Wildman–Crippen MR) is 126 cm³/mol. The monoisotopic (exact) mass is 437 g/mol. The molecule has 6 heteroatoms. The molecule has 31 heavy (non-hydrogen) atoms. The summed E-state index contributed by atoms with van der Waals surface area (Å²) in [6, 6.07) is 17.4. The summed E-state index contributed by atoms with van der Waals surface area (Å²) in [6.07, 6.45) is 7.68. The lowest BCUT2D eigenvalue weighted by atomic mass is 9.94. The molecule has 2 aliphatic heterocycles. The minimum absolute atomic E-state index is 0.665. The maximum Gasteiger partial charge on any atom is 0.279 e. The highest BCUT2D eigenvalue weighted by atomic mass is 32.1. The van der Waals surface area contributed by atoms with Gasteiger partial charge in [0.05, 0.1) is 16.8 Å². The Bertz CT molecular complexity index is 935. The number of nitrogens with zero attached hydrogens (tertiary/aromatic N) is 2. The minimum atomic E-state index is 0.665. The number of hydrogen-bond acceptors (Lipinski definition) is 6. The highest BCUT2D eigenvalue weighted by Gasteiger charge is 2.29. The second-order valence-corrected chi connectivity index (χ2v) is 9.52. The number of nitrogens with one attached hydrogen (secondary N) is 1. The van der Waals surface area contributed by atoms with Crippen LogP contribution in [0.15, 0.2) is 48.5 Å². The Labute approximate surface area is 188 Å². The third-order valence-electron chi connectivity index (χ3n) is 6.47. The number of fused-ring (bicyclic) bond motifs is 1. The maximum atomic E-state index is 6.09. The summed E-state index contributed by atoms with van der Waals surface area (Å²) in [7, 11) is 0. The van der Waals surface area contributed by atoms with Crippen LogP contribution in [0.25, 0.3) is 10.2 Å². The van der Waals surface area contributed by atoms with Gasteiger partial charge in [-0.15, -0.1) is 0 Å². The van der Waals surface area contributed by atoms with E-state index in [1.54, 1.807) is 11.3 Å². The van der Waals surface area contributed by atoms with Gasteiger partial charge in [-0.25, -0.2) is 4.98 Å². The van der Waals surface area contributed by atoms with Crippen LogP contribution in [0.2, 0.25) is 0 Å². The normalized spacial score (nSPS) is 20.7. The number of hydrogen-bond donors (Lipinski definition) is 1. The van der Waals surface area contributed by atoms with Gasteiger partial charge in [-0.1, -0.05) is 29.9 Å². The zero-order valence-electron chi connectivity index (χ0n) is 18.0. The Morgan fingerprint density at radius 2 is 1.77 bits per heavy atom. The van der Waals surface area contributed by atoms with Gasteiger partial charge in [-0.2, -0.15) is 0 Å². The van der Waals surface area contributed by atoms with Crippen molar-refractivity contribution in [1.82, 2.24) is 15.2 Å². The zero-order valence-corrected chi connectivity index (χ0v) is 18.8. The van der Waals surface area contributed by atoms with E-state index in [1.807, 2.05) is 42.5 Å². The van der Waals surface area contributed by atoms with Gasteiger partial charge in [0.1, 0.15) is 11.5 Å². The number of para-hydroxylation sites is 1. The summed E-state index contributed by atoms with van der Waals surface area (Å²) in [5.41, 5.74) is 0.976. The second-order valence-electron chi connectivity index (χ2n) is 8.53. The van der Waals surface area contributed by atoms with Gasteiger partial charge in [-0.05, 0) is 88.1 Å². The van der Waals surface area contributed by atoms with E-state index in [2.05, 4.69) is 21.3 Å². The lowest BCUT2D eigenvalue weighted by molar-refractivity contribution is 0.0631. The van der Waals surface area contributed by atoms with Crippen LogP contribution >= 0.6 is 11.3 Å². The molecule has 1 aromatic heterocycles. The molecule has 5 rings (SSSR count). The Balaban J connectivity index is 1.13. The van der Waals surface area contributed by atoms with Crippen molar-refractivity contribution in [3.05, 3.63) is 48.5 Å². The highest BCUT2D eigenvalue weighted by Crippen LogP contribution is 2.32. The molecule has 2 fully saturated rings. The van der Waals surface area contributed by atoms with Gasteiger partial charge in [0.25, 0.3) is 5.19 Å². The molecular weight excluding hydrogens is 406 g/mol. The molecule has 0 spiro atoms. The molecule has 0 aliphatic carbocycles. The predicted octanol–water partition coefficient (Wildman–Crippen LogP) is 5.46. The Kier molecular flexibility index (Phi) is 6.68. The lowest BCUT2D eigenvalue weighted by Gasteiger charge is -2.43. The first-order valence-electron chi connectivity index (χ1n) is 11.6. The number of ether oxygens (including phenoxy) is 2. The zero-order chi connectivity index (χ0) is 20.9. The van der Waals surface area contributed by atoms with Crippen molar-refractivity contribution >= 4 is 21.6 Å². The number of likely N-dealkylation sites (tertiary alicyclic amines) is 1. The third kappa shape index (κ3) is 5.20.